The lowest BCUT2D eigenvalue weighted by Gasteiger charge is -2.25. The lowest BCUT2D eigenvalue weighted by atomic mass is 10.1. The van der Waals surface area contributed by atoms with E-state index in [2.05, 4.69) is 39.8 Å². The summed E-state index contributed by atoms with van der Waals surface area (Å²) in [5.41, 5.74) is 2.58. The van der Waals surface area contributed by atoms with Gasteiger partial charge in [0.25, 0.3) is 0 Å². The Balaban J connectivity index is 1.41. The fourth-order valence-electron chi connectivity index (χ4n) is 5.23. The number of benzene rings is 1. The summed E-state index contributed by atoms with van der Waals surface area (Å²) in [6.07, 6.45) is 11.4. The van der Waals surface area contributed by atoms with Crippen molar-refractivity contribution in [1.29, 1.82) is 0 Å². The first kappa shape index (κ1) is 22.0. The Morgan fingerprint density at radius 2 is 1.83 bits per heavy atom. The minimum absolute atomic E-state index is 0.743. The minimum Gasteiger partial charge on any atom is -0.493 e. The lowest BCUT2D eigenvalue weighted by Crippen LogP contribution is -2.29. The molecular weight excluding hydrogens is 390 g/mol. The Hall–Kier alpha value is -1.17. The van der Waals surface area contributed by atoms with E-state index in [1.165, 1.54) is 75.8 Å². The average molecular weight is 430 g/mol. The van der Waals surface area contributed by atoms with Crippen LogP contribution in [0, 0.1) is 0 Å². The molecule has 0 spiro atoms. The first-order valence-electron chi connectivity index (χ1n) is 12.2. The van der Waals surface area contributed by atoms with Crippen molar-refractivity contribution in [1.82, 2.24) is 9.80 Å². The van der Waals surface area contributed by atoms with Gasteiger partial charge in [-0.2, -0.15) is 0 Å². The van der Waals surface area contributed by atoms with Gasteiger partial charge in [0.2, 0.25) is 0 Å². The van der Waals surface area contributed by atoms with Gasteiger partial charge >= 0.3 is 0 Å². The van der Waals surface area contributed by atoms with E-state index >= 15 is 0 Å². The maximum Gasteiger partial charge on any atom is 0.123 e. The number of nitrogens with zero attached hydrogens (tertiary/aromatic N) is 3. The summed E-state index contributed by atoms with van der Waals surface area (Å²) in [6.45, 7) is 10.0. The topological polar surface area (TPSA) is 19.0 Å². The number of ether oxygens (including phenoxy) is 1. The third-order valence-corrected chi connectivity index (χ3v) is 7.48. The van der Waals surface area contributed by atoms with Crippen LogP contribution in [0.2, 0.25) is 0 Å². The molecule has 3 saturated heterocycles. The van der Waals surface area contributed by atoms with Crippen molar-refractivity contribution in [3.8, 4) is 5.75 Å². The predicted octanol–water partition coefficient (Wildman–Crippen LogP) is 5.24. The third-order valence-electron chi connectivity index (χ3n) is 7.06. The summed E-state index contributed by atoms with van der Waals surface area (Å²) in [5, 5.41) is 0. The van der Waals surface area contributed by atoms with Crippen LogP contribution in [0.5, 0.6) is 5.75 Å². The Labute approximate surface area is 188 Å². The molecule has 3 fully saturated rings. The smallest absolute Gasteiger partial charge is 0.123 e. The zero-order chi connectivity index (χ0) is 20.8. The molecule has 1 unspecified atom stereocenters. The van der Waals surface area contributed by atoms with Gasteiger partial charge in [0, 0.05) is 36.9 Å². The number of likely N-dealkylation sites (tertiary alicyclic amines) is 2. The summed E-state index contributed by atoms with van der Waals surface area (Å²) >= 11 is 5.61. The Bertz CT molecular complexity index is 702. The molecule has 0 bridgehead atoms. The predicted molar refractivity (Wildman–Crippen MR) is 130 cm³/mol. The largest absolute Gasteiger partial charge is 0.493 e. The second-order valence-electron chi connectivity index (χ2n) is 9.36. The molecule has 30 heavy (non-hydrogen) atoms. The maximum atomic E-state index is 6.34. The van der Waals surface area contributed by atoms with Crippen molar-refractivity contribution in [2.45, 2.75) is 77.3 Å². The van der Waals surface area contributed by atoms with Crippen LogP contribution in [0.25, 0.3) is 0 Å². The van der Waals surface area contributed by atoms with Gasteiger partial charge < -0.3 is 14.5 Å². The van der Waals surface area contributed by atoms with E-state index in [9.17, 15) is 0 Å². The van der Waals surface area contributed by atoms with Crippen LogP contribution in [0.1, 0.15) is 70.3 Å². The second kappa shape index (κ2) is 10.9. The van der Waals surface area contributed by atoms with E-state index < -0.39 is 0 Å². The molecule has 3 aliphatic rings. The van der Waals surface area contributed by atoms with Gasteiger partial charge in [-0.05, 0) is 89.7 Å². The van der Waals surface area contributed by atoms with Crippen molar-refractivity contribution in [3.05, 3.63) is 23.8 Å². The Kier molecular flexibility index (Phi) is 8.02. The molecule has 1 aromatic rings. The van der Waals surface area contributed by atoms with Crippen molar-refractivity contribution >= 4 is 22.9 Å². The Morgan fingerprint density at radius 1 is 1.00 bits per heavy atom. The molecular formula is C25H39N3OS. The van der Waals surface area contributed by atoms with E-state index in [1.807, 2.05) is 0 Å². The summed E-state index contributed by atoms with van der Waals surface area (Å²) < 4.78 is 6.34. The number of rotatable bonds is 8. The van der Waals surface area contributed by atoms with Crippen molar-refractivity contribution in [2.75, 3.05) is 44.2 Å². The van der Waals surface area contributed by atoms with Gasteiger partial charge in [0.05, 0.1) is 11.6 Å². The van der Waals surface area contributed by atoms with E-state index in [-0.39, 0.29) is 0 Å². The third kappa shape index (κ3) is 5.74. The summed E-state index contributed by atoms with van der Waals surface area (Å²) in [6, 6.07) is 7.50. The molecule has 166 valence electrons. The first-order valence-corrected chi connectivity index (χ1v) is 12.6. The van der Waals surface area contributed by atoms with Gasteiger partial charge in [-0.1, -0.05) is 25.1 Å². The molecule has 0 N–H and O–H groups in total. The van der Waals surface area contributed by atoms with Crippen LogP contribution < -0.4 is 9.64 Å². The van der Waals surface area contributed by atoms with Crippen LogP contribution >= 0.6 is 12.2 Å². The standard InChI is InChI=1S/C25H39N3OS/c1-21-9-6-15-27(21)16-8-18-29-24-12-11-23(28-17-7-10-25(28)30)19-22(24)20-26-13-4-2-3-5-14-26/h11-12,19,21H,2-10,13-18,20H2,1H3. The van der Waals surface area contributed by atoms with Crippen LogP contribution in [0.15, 0.2) is 18.2 Å². The zero-order valence-electron chi connectivity index (χ0n) is 18.8. The molecule has 1 atom stereocenters. The zero-order valence-corrected chi connectivity index (χ0v) is 19.6. The number of thiocarbonyl (C=S) groups is 1. The molecule has 0 aliphatic carbocycles. The highest BCUT2D eigenvalue weighted by Crippen LogP contribution is 2.30. The van der Waals surface area contributed by atoms with Crippen LogP contribution in [0.3, 0.4) is 0 Å². The van der Waals surface area contributed by atoms with Crippen LogP contribution in [0.4, 0.5) is 5.69 Å². The summed E-state index contributed by atoms with van der Waals surface area (Å²) in [7, 11) is 0. The number of hydrogen-bond donors (Lipinski definition) is 0. The van der Waals surface area contributed by atoms with E-state index in [4.69, 9.17) is 17.0 Å². The molecule has 0 radical (unpaired) electrons. The maximum absolute atomic E-state index is 6.34. The fourth-order valence-corrected chi connectivity index (χ4v) is 5.57. The SMILES string of the molecule is CC1CCCN1CCCOc1ccc(N2CCCC2=S)cc1CN1CCCCCC1. The second-order valence-corrected chi connectivity index (χ2v) is 9.83. The van der Waals surface area contributed by atoms with Gasteiger partial charge in [-0.25, -0.2) is 0 Å². The highest BCUT2D eigenvalue weighted by atomic mass is 32.1. The molecule has 1 aromatic carbocycles. The van der Waals surface area contributed by atoms with Gasteiger partial charge in [-0.3, -0.25) is 4.90 Å². The van der Waals surface area contributed by atoms with Crippen LogP contribution in [-0.4, -0.2) is 60.2 Å². The monoisotopic (exact) mass is 429 g/mol. The summed E-state index contributed by atoms with van der Waals surface area (Å²) in [5.74, 6) is 1.07. The van der Waals surface area contributed by atoms with Crippen molar-refractivity contribution in [3.63, 3.8) is 0 Å². The molecule has 4 rings (SSSR count). The fraction of sp³-hybridized carbons (Fsp3) is 0.720. The highest BCUT2D eigenvalue weighted by Gasteiger charge is 2.21. The molecule has 0 aromatic heterocycles. The molecule has 0 saturated carbocycles. The number of hydrogen-bond acceptors (Lipinski definition) is 4. The van der Waals surface area contributed by atoms with E-state index in [0.717, 1.165) is 55.9 Å². The van der Waals surface area contributed by atoms with Gasteiger partial charge in [0.1, 0.15) is 5.75 Å². The lowest BCUT2D eigenvalue weighted by molar-refractivity contribution is 0.225. The first-order chi connectivity index (χ1) is 14.7. The quantitative estimate of drug-likeness (QED) is 0.414. The Morgan fingerprint density at radius 3 is 2.53 bits per heavy atom. The van der Waals surface area contributed by atoms with Crippen molar-refractivity contribution < 1.29 is 4.74 Å². The minimum atomic E-state index is 0.743. The van der Waals surface area contributed by atoms with Gasteiger partial charge in [-0.15, -0.1) is 0 Å². The van der Waals surface area contributed by atoms with Gasteiger partial charge in [0.15, 0.2) is 0 Å². The average Bonchev–Trinajstić information content (AvgIpc) is 3.26. The summed E-state index contributed by atoms with van der Waals surface area (Å²) in [4.78, 5) is 8.63. The van der Waals surface area contributed by atoms with Crippen molar-refractivity contribution in [2.24, 2.45) is 0 Å². The molecule has 3 aliphatic heterocycles. The normalized spacial score (nSPS) is 23.8. The molecule has 5 heteroatoms. The van der Waals surface area contributed by atoms with E-state index in [0.29, 0.717) is 0 Å². The molecule has 0 amide bonds. The van der Waals surface area contributed by atoms with Crippen LogP contribution in [-0.2, 0) is 6.54 Å². The van der Waals surface area contributed by atoms with E-state index in [1.54, 1.807) is 0 Å². The molecule has 3 heterocycles. The highest BCUT2D eigenvalue weighted by molar-refractivity contribution is 7.80. The molecule has 4 nitrogen and oxygen atoms in total. The number of anilines is 1.